The minimum absolute atomic E-state index is 0.0525. The Hall–Kier alpha value is -3.50. The monoisotopic (exact) mass is 572 g/mol. The summed E-state index contributed by atoms with van der Waals surface area (Å²) in [7, 11) is 0. The van der Waals surface area contributed by atoms with E-state index in [4.69, 9.17) is 26.4 Å². The van der Waals surface area contributed by atoms with E-state index in [9.17, 15) is 9.90 Å². The van der Waals surface area contributed by atoms with E-state index in [2.05, 4.69) is 16.3 Å². The lowest BCUT2D eigenvalue weighted by molar-refractivity contribution is -0.0930. The van der Waals surface area contributed by atoms with Crippen LogP contribution in [0.5, 0.6) is 0 Å². The molecule has 0 aliphatic carbocycles. The van der Waals surface area contributed by atoms with Crippen LogP contribution in [0.1, 0.15) is 40.2 Å². The van der Waals surface area contributed by atoms with Gasteiger partial charge in [0.05, 0.1) is 23.5 Å². The second kappa shape index (κ2) is 10.7. The number of morpholine rings is 2. The fourth-order valence-corrected chi connectivity index (χ4v) is 6.40. The third-order valence-corrected chi connectivity index (χ3v) is 8.78. The number of pyridine rings is 1. The van der Waals surface area contributed by atoms with Gasteiger partial charge >= 0.3 is 0 Å². The van der Waals surface area contributed by atoms with E-state index in [1.54, 1.807) is 0 Å². The van der Waals surface area contributed by atoms with Gasteiger partial charge in [0, 0.05) is 62.5 Å². The van der Waals surface area contributed by atoms with Crippen molar-refractivity contribution in [3.8, 4) is 0 Å². The molecule has 2 N–H and O–H groups in total. The Labute approximate surface area is 243 Å². The molecular formula is C31H33ClN6O3. The van der Waals surface area contributed by atoms with Gasteiger partial charge in [-0.1, -0.05) is 35.9 Å². The molecule has 2 aromatic carbocycles. The molecule has 7 rings (SSSR count). The number of ether oxygens (including phenoxy) is 1. The minimum atomic E-state index is -0.865. The number of nitrogens with zero attached hydrogens (tertiary/aromatic N) is 5. The highest BCUT2D eigenvalue weighted by molar-refractivity contribution is 6.30. The first-order valence-electron chi connectivity index (χ1n) is 14.3. The van der Waals surface area contributed by atoms with Crippen molar-refractivity contribution in [1.82, 2.24) is 24.8 Å². The number of carbonyl (C=O) groups is 1. The van der Waals surface area contributed by atoms with Crippen molar-refractivity contribution < 1.29 is 14.6 Å². The molecule has 4 aromatic rings. The summed E-state index contributed by atoms with van der Waals surface area (Å²) in [6.45, 7) is 4.23. The Morgan fingerprint density at radius 1 is 1.02 bits per heavy atom. The van der Waals surface area contributed by atoms with Crippen molar-refractivity contribution in [3.63, 3.8) is 0 Å². The third-order valence-electron chi connectivity index (χ3n) is 8.53. The highest BCUT2D eigenvalue weighted by atomic mass is 35.5. The molecule has 0 spiro atoms. The maximum atomic E-state index is 13.1. The molecule has 41 heavy (non-hydrogen) atoms. The van der Waals surface area contributed by atoms with Gasteiger partial charge in [0.25, 0.3) is 5.91 Å². The van der Waals surface area contributed by atoms with Crippen LogP contribution in [0.15, 0.2) is 66.9 Å². The highest BCUT2D eigenvalue weighted by Gasteiger charge is 2.35. The zero-order chi connectivity index (χ0) is 28.0. The standard InChI is InChI=1S/C31H33ClN6O3/c32-24-9-7-23(8-10-24)31(40)11-14-36(15-12-31)27-2-1-13-38-29(27)34-28(35-38)16-21-3-5-22(6-4-21)30(39)37-19-25-17-33-18-26(20-37)41-25/h1-10,13,25-26,33,40H,11-12,14-20H2. The number of rotatable bonds is 5. The number of carbonyl (C=O) groups excluding carboxylic acids is 1. The van der Waals surface area contributed by atoms with Crippen molar-refractivity contribution in [2.75, 3.05) is 44.2 Å². The average molecular weight is 573 g/mol. The maximum Gasteiger partial charge on any atom is 0.254 e. The second-order valence-electron chi connectivity index (χ2n) is 11.3. The number of hydrogen-bond donors (Lipinski definition) is 2. The zero-order valence-corrected chi connectivity index (χ0v) is 23.5. The van der Waals surface area contributed by atoms with Crippen LogP contribution < -0.4 is 10.2 Å². The number of piperidine rings is 1. The molecule has 2 unspecified atom stereocenters. The van der Waals surface area contributed by atoms with Crippen LogP contribution in [0, 0.1) is 0 Å². The third kappa shape index (κ3) is 5.30. The smallest absolute Gasteiger partial charge is 0.254 e. The van der Waals surface area contributed by atoms with Crippen LogP contribution in [0.25, 0.3) is 5.65 Å². The van der Waals surface area contributed by atoms with Gasteiger partial charge in [0.1, 0.15) is 0 Å². The van der Waals surface area contributed by atoms with Crippen LogP contribution in [0.4, 0.5) is 5.69 Å². The van der Waals surface area contributed by atoms with E-state index in [0.717, 1.165) is 41.4 Å². The molecule has 2 aromatic heterocycles. The predicted octanol–water partition coefficient (Wildman–Crippen LogP) is 3.27. The SMILES string of the molecule is O=C(c1ccc(Cc2nc3c(N4CCC(O)(c5ccc(Cl)cc5)CC4)cccn3n2)cc1)N1CC2CNCC(C1)O2. The van der Waals surface area contributed by atoms with Gasteiger partial charge in [-0.25, -0.2) is 9.50 Å². The number of halogens is 1. The number of anilines is 1. The Balaban J connectivity index is 1.03. The summed E-state index contributed by atoms with van der Waals surface area (Å²) in [5.74, 6) is 0.774. The van der Waals surface area contributed by atoms with Crippen LogP contribution >= 0.6 is 11.6 Å². The summed E-state index contributed by atoms with van der Waals surface area (Å²) in [6, 6.07) is 19.3. The normalized spacial score (nSPS) is 22.2. The maximum absolute atomic E-state index is 13.1. The number of aliphatic hydroxyl groups is 1. The average Bonchev–Trinajstić information content (AvgIpc) is 3.40. The van der Waals surface area contributed by atoms with Crippen molar-refractivity contribution >= 4 is 28.8 Å². The molecule has 1 amide bonds. The molecule has 3 aliphatic rings. The number of fused-ring (bicyclic) bond motifs is 3. The van der Waals surface area contributed by atoms with E-state index in [0.29, 0.717) is 56.0 Å². The van der Waals surface area contributed by atoms with Crippen molar-refractivity contribution in [2.24, 2.45) is 0 Å². The molecule has 3 aliphatic heterocycles. The Bertz CT molecular complexity index is 1540. The minimum Gasteiger partial charge on any atom is -0.385 e. The van der Waals surface area contributed by atoms with Crippen LogP contribution in [-0.2, 0) is 16.8 Å². The van der Waals surface area contributed by atoms with Gasteiger partial charge in [-0.15, -0.1) is 0 Å². The lowest BCUT2D eigenvalue weighted by Gasteiger charge is -2.41. The van der Waals surface area contributed by atoms with Gasteiger partial charge in [0.15, 0.2) is 11.5 Å². The Kier molecular flexibility index (Phi) is 6.90. The molecule has 0 radical (unpaired) electrons. The first kappa shape index (κ1) is 26.4. The molecule has 5 heterocycles. The van der Waals surface area contributed by atoms with E-state index >= 15 is 0 Å². The summed E-state index contributed by atoms with van der Waals surface area (Å²) < 4.78 is 7.76. The van der Waals surface area contributed by atoms with Gasteiger partial charge in [-0.05, 0) is 60.4 Å². The fourth-order valence-electron chi connectivity index (χ4n) is 6.28. The quantitative estimate of drug-likeness (QED) is 0.379. The van der Waals surface area contributed by atoms with E-state index in [1.165, 1.54) is 0 Å². The van der Waals surface area contributed by atoms with Crippen molar-refractivity contribution in [3.05, 3.63) is 94.4 Å². The number of amides is 1. The summed E-state index contributed by atoms with van der Waals surface area (Å²) in [4.78, 5) is 22.2. The zero-order valence-electron chi connectivity index (χ0n) is 22.7. The van der Waals surface area contributed by atoms with Crippen LogP contribution in [-0.4, -0.2) is 82.0 Å². The Morgan fingerprint density at radius 2 is 1.73 bits per heavy atom. The number of nitrogens with one attached hydrogen (secondary N) is 1. The summed E-state index contributed by atoms with van der Waals surface area (Å²) in [6.07, 6.45) is 3.85. The molecule has 3 fully saturated rings. The fraction of sp³-hybridized carbons (Fsp3) is 0.387. The second-order valence-corrected chi connectivity index (χ2v) is 11.8. The number of aromatic nitrogens is 3. The van der Waals surface area contributed by atoms with Crippen molar-refractivity contribution in [2.45, 2.75) is 37.1 Å². The van der Waals surface area contributed by atoms with Gasteiger partial charge in [-0.2, -0.15) is 5.10 Å². The summed E-state index contributed by atoms with van der Waals surface area (Å²) in [5, 5.41) is 20.1. The van der Waals surface area contributed by atoms with Crippen LogP contribution in [0.2, 0.25) is 5.02 Å². The number of hydrogen-bond acceptors (Lipinski definition) is 7. The van der Waals surface area contributed by atoms with Gasteiger partial charge < -0.3 is 25.0 Å². The summed E-state index contributed by atoms with van der Waals surface area (Å²) >= 11 is 6.05. The molecule has 10 heteroatoms. The van der Waals surface area contributed by atoms with Crippen LogP contribution in [0.3, 0.4) is 0 Å². The highest BCUT2D eigenvalue weighted by Crippen LogP contribution is 2.36. The first-order chi connectivity index (χ1) is 19.9. The Morgan fingerprint density at radius 3 is 2.44 bits per heavy atom. The molecule has 2 atom stereocenters. The van der Waals surface area contributed by atoms with E-state index in [-0.39, 0.29) is 18.1 Å². The predicted molar refractivity (Wildman–Crippen MR) is 156 cm³/mol. The molecule has 3 saturated heterocycles. The van der Waals surface area contributed by atoms with E-state index in [1.807, 2.05) is 70.2 Å². The lowest BCUT2D eigenvalue weighted by atomic mass is 9.84. The molecular weight excluding hydrogens is 540 g/mol. The molecule has 2 bridgehead atoms. The number of benzene rings is 2. The lowest BCUT2D eigenvalue weighted by Crippen LogP contribution is -2.59. The van der Waals surface area contributed by atoms with E-state index < -0.39 is 5.60 Å². The first-order valence-corrected chi connectivity index (χ1v) is 14.6. The van der Waals surface area contributed by atoms with Gasteiger partial charge in [0.2, 0.25) is 0 Å². The van der Waals surface area contributed by atoms with Gasteiger partial charge in [-0.3, -0.25) is 4.79 Å². The topological polar surface area (TPSA) is 95.2 Å². The summed E-state index contributed by atoms with van der Waals surface area (Å²) in [5.41, 5.74) is 3.59. The molecule has 0 saturated carbocycles. The largest absolute Gasteiger partial charge is 0.385 e. The molecule has 9 nitrogen and oxygen atoms in total. The van der Waals surface area contributed by atoms with Crippen molar-refractivity contribution in [1.29, 1.82) is 0 Å². The molecule has 212 valence electrons.